The molecule has 0 bridgehead atoms. The minimum absolute atomic E-state index is 0. The van der Waals surface area contributed by atoms with E-state index in [1.165, 1.54) is 21.9 Å². The van der Waals surface area contributed by atoms with E-state index in [4.69, 9.17) is 14.4 Å². The Bertz CT molecular complexity index is 2400. The van der Waals surface area contributed by atoms with Crippen LogP contribution >= 0.6 is 0 Å². The van der Waals surface area contributed by atoms with E-state index in [9.17, 15) is 0 Å². The molecule has 1 radical (unpaired) electrons. The minimum Gasteiger partial charge on any atom is -0.499 e. The van der Waals surface area contributed by atoms with E-state index in [0.29, 0.717) is 5.92 Å². The first-order valence-electron chi connectivity index (χ1n) is 17.5. The van der Waals surface area contributed by atoms with Crippen LogP contribution in [-0.2, 0) is 26.5 Å². The second-order valence-electron chi connectivity index (χ2n) is 14.2. The molecule has 0 aliphatic heterocycles. The SMILES string of the molecule is CC(C)c1ccnc(-c2[c-]cc3oc4ccc(-c5ccccc5)nc4c3c2)c1.C[Si](C)(C)c1cnc(-c2[c-]cccc2)cc1Cc1ccccc1.[Ir]. The maximum atomic E-state index is 5.98. The molecule has 8 aromatic rings. The first-order valence-corrected chi connectivity index (χ1v) is 21.0. The summed E-state index contributed by atoms with van der Waals surface area (Å²) < 4.78 is 5.98. The van der Waals surface area contributed by atoms with Gasteiger partial charge in [0.15, 0.2) is 0 Å². The Balaban J connectivity index is 0.000000179. The molecule has 0 fully saturated rings. The molecule has 0 aliphatic rings. The zero-order valence-corrected chi connectivity index (χ0v) is 33.5. The number of benzene rings is 4. The molecule has 4 heterocycles. The Morgan fingerprint density at radius 3 is 2.13 bits per heavy atom. The van der Waals surface area contributed by atoms with Gasteiger partial charge in [-0.05, 0) is 58.1 Å². The molecule has 0 saturated heterocycles. The Kier molecular flexibility index (Phi) is 11.4. The number of fused-ring (bicyclic) bond motifs is 3. The predicted molar refractivity (Wildman–Crippen MR) is 214 cm³/mol. The van der Waals surface area contributed by atoms with E-state index in [1.807, 2.05) is 60.8 Å². The fraction of sp³-hybridized carbons (Fsp3) is 0.152. The van der Waals surface area contributed by atoms with Crippen molar-refractivity contribution < 1.29 is 24.5 Å². The van der Waals surface area contributed by atoms with Crippen LogP contribution in [0.15, 0.2) is 144 Å². The van der Waals surface area contributed by atoms with Gasteiger partial charge in [0.05, 0.1) is 24.9 Å². The summed E-state index contributed by atoms with van der Waals surface area (Å²) >= 11 is 0. The smallest absolute Gasteiger partial charge is 0.139 e. The summed E-state index contributed by atoms with van der Waals surface area (Å²) in [5, 5.41) is 2.43. The van der Waals surface area contributed by atoms with Crippen LogP contribution in [-0.4, -0.2) is 23.0 Å². The van der Waals surface area contributed by atoms with Crippen molar-refractivity contribution >= 4 is 35.3 Å². The predicted octanol–water partition coefficient (Wildman–Crippen LogP) is 11.3. The van der Waals surface area contributed by atoms with Crippen LogP contribution in [0, 0.1) is 12.1 Å². The van der Waals surface area contributed by atoms with Gasteiger partial charge in [0, 0.05) is 38.1 Å². The number of rotatable bonds is 7. The molecule has 8 rings (SSSR count). The van der Waals surface area contributed by atoms with Crippen molar-refractivity contribution in [3.05, 3.63) is 169 Å². The molecule has 4 aromatic heterocycles. The fourth-order valence-electron chi connectivity index (χ4n) is 6.29. The van der Waals surface area contributed by atoms with Crippen molar-refractivity contribution in [1.29, 1.82) is 0 Å². The molecule has 0 amide bonds. The molecular formula is C46H41IrN3OSi-2. The van der Waals surface area contributed by atoms with Gasteiger partial charge in [-0.3, -0.25) is 0 Å². The van der Waals surface area contributed by atoms with Crippen LogP contribution < -0.4 is 5.19 Å². The van der Waals surface area contributed by atoms with Gasteiger partial charge in [0.25, 0.3) is 0 Å². The first kappa shape index (κ1) is 36.8. The van der Waals surface area contributed by atoms with Crippen LogP contribution in [0.5, 0.6) is 0 Å². The topological polar surface area (TPSA) is 51.8 Å². The zero-order chi connectivity index (χ0) is 35.4. The summed E-state index contributed by atoms with van der Waals surface area (Å²) in [4.78, 5) is 14.2. The molecule has 0 atom stereocenters. The molecule has 261 valence electrons. The summed E-state index contributed by atoms with van der Waals surface area (Å²) in [7, 11) is -1.43. The van der Waals surface area contributed by atoms with Gasteiger partial charge in [-0.1, -0.05) is 117 Å². The van der Waals surface area contributed by atoms with Crippen molar-refractivity contribution in [3.63, 3.8) is 0 Å². The number of furan rings is 1. The van der Waals surface area contributed by atoms with Gasteiger partial charge < -0.3 is 14.4 Å². The first-order chi connectivity index (χ1) is 24.7. The second kappa shape index (κ2) is 16.1. The standard InChI is InChI=1S/C25H19N2O.C21H22NSi.Ir/c1-16(2)18-12-13-26-22(15-18)19-8-10-23-20(14-19)25-24(28-23)11-9-21(27-25)17-6-4-3-5-7-17;1-23(2,3)21-16-22-20(18-12-8-5-9-13-18)15-19(21)14-17-10-6-4-7-11-17;/h3-7,9-16H,1-2H3;4-12,15-16H,14H2,1-3H3;/q2*-1;. The second-order valence-corrected chi connectivity index (χ2v) is 19.2. The molecule has 0 unspecified atom stereocenters. The minimum atomic E-state index is -1.43. The average molecular weight is 872 g/mol. The number of aromatic nitrogens is 3. The van der Waals surface area contributed by atoms with Gasteiger partial charge in [-0.2, -0.15) is 0 Å². The van der Waals surface area contributed by atoms with Crippen molar-refractivity contribution in [1.82, 2.24) is 15.0 Å². The van der Waals surface area contributed by atoms with Crippen LogP contribution in [0.2, 0.25) is 19.6 Å². The number of hydrogen-bond acceptors (Lipinski definition) is 4. The van der Waals surface area contributed by atoms with Crippen LogP contribution in [0.25, 0.3) is 55.8 Å². The summed E-state index contributed by atoms with van der Waals surface area (Å²) in [6.45, 7) is 11.5. The van der Waals surface area contributed by atoms with Crippen LogP contribution in [0.3, 0.4) is 0 Å². The summed E-state index contributed by atoms with van der Waals surface area (Å²) in [6, 6.07) is 49.9. The van der Waals surface area contributed by atoms with Crippen molar-refractivity contribution in [3.8, 4) is 33.8 Å². The van der Waals surface area contributed by atoms with Crippen LogP contribution in [0.4, 0.5) is 0 Å². The van der Waals surface area contributed by atoms with Gasteiger partial charge in [0.1, 0.15) is 5.58 Å². The quantitative estimate of drug-likeness (QED) is 0.118. The van der Waals surface area contributed by atoms with Gasteiger partial charge in [-0.15, -0.1) is 59.7 Å². The normalized spacial score (nSPS) is 11.3. The third kappa shape index (κ3) is 8.37. The number of hydrogen-bond donors (Lipinski definition) is 0. The maximum absolute atomic E-state index is 5.98. The van der Waals surface area contributed by atoms with E-state index in [-0.39, 0.29) is 20.1 Å². The molecule has 0 saturated carbocycles. The van der Waals surface area contributed by atoms with E-state index in [0.717, 1.165) is 62.3 Å². The molecule has 0 spiro atoms. The average Bonchev–Trinajstić information content (AvgIpc) is 3.53. The van der Waals surface area contributed by atoms with Crippen molar-refractivity contribution in [2.24, 2.45) is 0 Å². The van der Waals surface area contributed by atoms with E-state index >= 15 is 0 Å². The molecule has 4 aromatic carbocycles. The third-order valence-corrected chi connectivity index (χ3v) is 11.1. The van der Waals surface area contributed by atoms with E-state index in [1.54, 1.807) is 0 Å². The largest absolute Gasteiger partial charge is 0.499 e. The monoisotopic (exact) mass is 872 g/mol. The molecule has 4 nitrogen and oxygen atoms in total. The van der Waals surface area contributed by atoms with Crippen molar-refractivity contribution in [2.45, 2.75) is 45.8 Å². The van der Waals surface area contributed by atoms with E-state index in [2.05, 4.69) is 130 Å². The number of nitrogens with zero attached hydrogens (tertiary/aromatic N) is 3. The molecule has 52 heavy (non-hydrogen) atoms. The molecule has 0 N–H and O–H groups in total. The zero-order valence-electron chi connectivity index (χ0n) is 30.1. The summed E-state index contributed by atoms with van der Waals surface area (Å²) in [5.74, 6) is 0.454. The molecular weight excluding hydrogens is 831 g/mol. The van der Waals surface area contributed by atoms with Gasteiger partial charge in [-0.25, -0.2) is 4.98 Å². The molecule has 6 heteroatoms. The Hall–Kier alpha value is -5.00. The Labute approximate surface area is 321 Å². The van der Waals surface area contributed by atoms with Crippen molar-refractivity contribution in [2.75, 3.05) is 0 Å². The third-order valence-electron chi connectivity index (χ3n) is 9.06. The summed E-state index contributed by atoms with van der Waals surface area (Å²) in [5.41, 5.74) is 12.4. The van der Waals surface area contributed by atoms with Gasteiger partial charge >= 0.3 is 0 Å². The Morgan fingerprint density at radius 1 is 0.692 bits per heavy atom. The number of pyridine rings is 3. The fourth-order valence-corrected chi connectivity index (χ4v) is 7.87. The van der Waals surface area contributed by atoms with Crippen LogP contribution in [0.1, 0.15) is 36.5 Å². The van der Waals surface area contributed by atoms with Gasteiger partial charge in [0.2, 0.25) is 0 Å². The van der Waals surface area contributed by atoms with E-state index < -0.39 is 8.07 Å². The Morgan fingerprint density at radius 2 is 1.42 bits per heavy atom. The summed E-state index contributed by atoms with van der Waals surface area (Å²) in [6.07, 6.45) is 4.92. The molecule has 0 aliphatic carbocycles. The maximum Gasteiger partial charge on any atom is 0.139 e.